The summed E-state index contributed by atoms with van der Waals surface area (Å²) in [6.45, 7) is 6.68. The fourth-order valence-corrected chi connectivity index (χ4v) is 3.55. The first-order valence-electron chi connectivity index (χ1n) is 9.37. The van der Waals surface area contributed by atoms with E-state index in [2.05, 4.69) is 16.3 Å². The van der Waals surface area contributed by atoms with Crippen molar-refractivity contribution in [3.63, 3.8) is 0 Å². The number of piperidine rings is 1. The van der Waals surface area contributed by atoms with Crippen molar-refractivity contribution in [2.75, 3.05) is 26.2 Å². The molecule has 1 aromatic heterocycles. The van der Waals surface area contributed by atoms with Crippen molar-refractivity contribution >= 4 is 5.91 Å². The largest absolute Gasteiger partial charge is 0.484 e. The quantitative estimate of drug-likeness (QED) is 0.823. The second-order valence-corrected chi connectivity index (χ2v) is 7.04. The highest BCUT2D eigenvalue weighted by molar-refractivity contribution is 5.77. The summed E-state index contributed by atoms with van der Waals surface area (Å²) in [6, 6.07) is 9.93. The molecular weight excluding hydrogens is 328 g/mol. The first-order chi connectivity index (χ1) is 12.6. The van der Waals surface area contributed by atoms with Crippen LogP contribution < -0.4 is 10.1 Å². The second kappa shape index (κ2) is 8.90. The zero-order chi connectivity index (χ0) is 18.4. The highest BCUT2D eigenvalue weighted by Crippen LogP contribution is 2.24. The van der Waals surface area contributed by atoms with Crippen LogP contribution in [0.5, 0.6) is 5.75 Å². The zero-order valence-corrected chi connectivity index (χ0v) is 15.7. The van der Waals surface area contributed by atoms with Gasteiger partial charge in [-0.05, 0) is 75.2 Å². The summed E-state index contributed by atoms with van der Waals surface area (Å²) in [4.78, 5) is 14.7. The number of ether oxygens (including phenoxy) is 1. The number of likely N-dealkylation sites (tertiary alicyclic amines) is 1. The Kier molecular flexibility index (Phi) is 6.34. The Labute approximate surface area is 155 Å². The van der Waals surface area contributed by atoms with Gasteiger partial charge in [-0.25, -0.2) is 0 Å². The molecule has 0 aliphatic carbocycles. The molecule has 0 spiro atoms. The highest BCUT2D eigenvalue weighted by Gasteiger charge is 2.24. The molecule has 0 bridgehead atoms. The fourth-order valence-electron chi connectivity index (χ4n) is 3.55. The van der Waals surface area contributed by atoms with Crippen LogP contribution in [-0.4, -0.2) is 37.0 Å². The van der Waals surface area contributed by atoms with Crippen LogP contribution in [0.25, 0.3) is 0 Å². The van der Waals surface area contributed by atoms with E-state index in [1.165, 1.54) is 19.3 Å². The molecular formula is C21H28N2O3. The Morgan fingerprint density at radius 3 is 2.58 bits per heavy atom. The van der Waals surface area contributed by atoms with Gasteiger partial charge in [0.25, 0.3) is 5.91 Å². The summed E-state index contributed by atoms with van der Waals surface area (Å²) in [5, 5.41) is 3.00. The van der Waals surface area contributed by atoms with E-state index in [0.717, 1.165) is 35.7 Å². The predicted octanol–water partition coefficient (Wildman–Crippen LogP) is 3.62. The van der Waals surface area contributed by atoms with E-state index in [1.54, 1.807) is 6.26 Å². The number of nitrogens with zero attached hydrogens (tertiary/aromatic N) is 1. The monoisotopic (exact) mass is 356 g/mol. The molecule has 0 saturated carbocycles. The summed E-state index contributed by atoms with van der Waals surface area (Å²) in [5.41, 5.74) is 2.26. The number of rotatable bonds is 7. The van der Waals surface area contributed by atoms with Crippen LogP contribution in [0.1, 0.15) is 42.2 Å². The SMILES string of the molecule is Cc1cc(C)cc(OCC(=O)NCC(c2ccco2)N2CCCCC2)c1. The van der Waals surface area contributed by atoms with Gasteiger partial charge in [0.15, 0.2) is 6.61 Å². The summed E-state index contributed by atoms with van der Waals surface area (Å²) in [6.07, 6.45) is 5.36. The summed E-state index contributed by atoms with van der Waals surface area (Å²) in [7, 11) is 0. The van der Waals surface area contributed by atoms with Crippen LogP contribution in [0.15, 0.2) is 41.0 Å². The van der Waals surface area contributed by atoms with Crippen molar-refractivity contribution in [1.82, 2.24) is 10.2 Å². The van der Waals surface area contributed by atoms with Gasteiger partial charge in [-0.1, -0.05) is 12.5 Å². The Bertz CT molecular complexity index is 686. The van der Waals surface area contributed by atoms with Gasteiger partial charge in [-0.15, -0.1) is 0 Å². The molecule has 5 heteroatoms. The van der Waals surface area contributed by atoms with Crippen LogP contribution in [0.4, 0.5) is 0 Å². The van der Waals surface area contributed by atoms with Gasteiger partial charge in [-0.2, -0.15) is 0 Å². The van der Waals surface area contributed by atoms with Gasteiger partial charge in [0.05, 0.1) is 12.3 Å². The third-order valence-corrected chi connectivity index (χ3v) is 4.76. The summed E-state index contributed by atoms with van der Waals surface area (Å²) >= 11 is 0. The second-order valence-electron chi connectivity index (χ2n) is 7.04. The number of hydrogen-bond donors (Lipinski definition) is 1. The van der Waals surface area contributed by atoms with E-state index in [0.29, 0.717) is 6.54 Å². The first kappa shape index (κ1) is 18.5. The Balaban J connectivity index is 1.53. The van der Waals surface area contributed by atoms with Crippen LogP contribution >= 0.6 is 0 Å². The molecule has 1 aliphatic heterocycles. The van der Waals surface area contributed by atoms with Crippen molar-refractivity contribution in [3.05, 3.63) is 53.5 Å². The number of furan rings is 1. The van der Waals surface area contributed by atoms with E-state index in [-0.39, 0.29) is 18.6 Å². The molecule has 1 aliphatic rings. The lowest BCUT2D eigenvalue weighted by Gasteiger charge is -2.33. The fraction of sp³-hybridized carbons (Fsp3) is 0.476. The zero-order valence-electron chi connectivity index (χ0n) is 15.7. The standard InChI is InChI=1S/C21H28N2O3/c1-16-11-17(2)13-18(12-16)26-15-21(24)22-14-19(20-7-6-10-25-20)23-8-4-3-5-9-23/h6-7,10-13,19H,3-5,8-9,14-15H2,1-2H3,(H,22,24). The van der Waals surface area contributed by atoms with Crippen LogP contribution in [-0.2, 0) is 4.79 Å². The molecule has 1 amide bonds. The maximum atomic E-state index is 12.3. The van der Waals surface area contributed by atoms with Crippen LogP contribution in [0.2, 0.25) is 0 Å². The van der Waals surface area contributed by atoms with Crippen molar-refractivity contribution in [2.24, 2.45) is 0 Å². The van der Waals surface area contributed by atoms with Gasteiger partial charge >= 0.3 is 0 Å². The van der Waals surface area contributed by atoms with E-state index in [9.17, 15) is 4.79 Å². The topological polar surface area (TPSA) is 54.7 Å². The molecule has 26 heavy (non-hydrogen) atoms. The molecule has 1 unspecified atom stereocenters. The van der Waals surface area contributed by atoms with E-state index >= 15 is 0 Å². The minimum absolute atomic E-state index is 0.0216. The minimum atomic E-state index is -0.113. The van der Waals surface area contributed by atoms with Gasteiger partial charge in [-0.3, -0.25) is 9.69 Å². The predicted molar refractivity (Wildman–Crippen MR) is 101 cm³/mol. The lowest BCUT2D eigenvalue weighted by atomic mass is 10.1. The molecule has 0 radical (unpaired) electrons. The molecule has 2 aromatic rings. The third kappa shape index (κ3) is 5.11. The number of carbonyl (C=O) groups excluding carboxylic acids is 1. The lowest BCUT2D eigenvalue weighted by Crippen LogP contribution is -2.41. The molecule has 1 atom stereocenters. The summed E-state index contributed by atoms with van der Waals surface area (Å²) in [5.74, 6) is 1.52. The smallest absolute Gasteiger partial charge is 0.258 e. The Hall–Kier alpha value is -2.27. The normalized spacial score (nSPS) is 16.2. The molecule has 1 N–H and O–H groups in total. The first-order valence-corrected chi connectivity index (χ1v) is 9.37. The van der Waals surface area contributed by atoms with Crippen molar-refractivity contribution in [1.29, 1.82) is 0 Å². The maximum Gasteiger partial charge on any atom is 0.258 e. The molecule has 2 heterocycles. The van der Waals surface area contributed by atoms with Crippen molar-refractivity contribution in [2.45, 2.75) is 39.2 Å². The molecule has 140 valence electrons. The van der Waals surface area contributed by atoms with E-state index < -0.39 is 0 Å². The number of amides is 1. The molecule has 5 nitrogen and oxygen atoms in total. The molecule has 1 fully saturated rings. The Morgan fingerprint density at radius 2 is 1.92 bits per heavy atom. The maximum absolute atomic E-state index is 12.3. The third-order valence-electron chi connectivity index (χ3n) is 4.76. The lowest BCUT2D eigenvalue weighted by molar-refractivity contribution is -0.123. The van der Waals surface area contributed by atoms with Gasteiger partial charge < -0.3 is 14.5 Å². The van der Waals surface area contributed by atoms with Crippen molar-refractivity contribution in [3.8, 4) is 5.75 Å². The highest BCUT2D eigenvalue weighted by atomic mass is 16.5. The van der Waals surface area contributed by atoms with Crippen LogP contribution in [0, 0.1) is 13.8 Å². The number of carbonyl (C=O) groups is 1. The van der Waals surface area contributed by atoms with Gasteiger partial charge in [0.1, 0.15) is 11.5 Å². The molecule has 3 rings (SSSR count). The number of nitrogens with one attached hydrogen (secondary N) is 1. The summed E-state index contributed by atoms with van der Waals surface area (Å²) < 4.78 is 11.3. The number of aryl methyl sites for hydroxylation is 2. The average Bonchev–Trinajstić information content (AvgIpc) is 3.15. The van der Waals surface area contributed by atoms with E-state index in [1.807, 2.05) is 38.1 Å². The Morgan fingerprint density at radius 1 is 1.19 bits per heavy atom. The number of hydrogen-bond acceptors (Lipinski definition) is 4. The molecule has 1 aromatic carbocycles. The van der Waals surface area contributed by atoms with E-state index in [4.69, 9.17) is 9.15 Å². The molecule has 1 saturated heterocycles. The van der Waals surface area contributed by atoms with Gasteiger partial charge in [0.2, 0.25) is 0 Å². The minimum Gasteiger partial charge on any atom is -0.484 e. The average molecular weight is 356 g/mol. The van der Waals surface area contributed by atoms with Gasteiger partial charge in [0, 0.05) is 6.54 Å². The van der Waals surface area contributed by atoms with Crippen LogP contribution in [0.3, 0.4) is 0 Å². The number of benzene rings is 1. The van der Waals surface area contributed by atoms with Crippen molar-refractivity contribution < 1.29 is 13.9 Å².